The molecule has 9 aromatic rings. The summed E-state index contributed by atoms with van der Waals surface area (Å²) in [5, 5.41) is 9.78. The first-order chi connectivity index (χ1) is 28.7. The molecule has 0 radical (unpaired) electrons. The zero-order valence-corrected chi connectivity index (χ0v) is 32.0. The largest absolute Gasteiger partial charge is 0.208 e. The molecule has 11 rings (SSSR count). The fourth-order valence-electron chi connectivity index (χ4n) is 8.83. The van der Waals surface area contributed by atoms with E-state index in [4.69, 9.17) is 15.0 Å². The number of nitrogens with zero attached hydrogens (tertiary/aromatic N) is 4. The van der Waals surface area contributed by atoms with Crippen LogP contribution in [0.15, 0.2) is 204 Å². The molecule has 0 fully saturated rings. The van der Waals surface area contributed by atoms with Gasteiger partial charge in [0.05, 0.1) is 17.0 Å². The van der Waals surface area contributed by atoms with Crippen LogP contribution < -0.4 is 0 Å². The maximum Gasteiger partial charge on any atom is 0.164 e. The Morgan fingerprint density at radius 1 is 0.362 bits per heavy atom. The Hall–Kier alpha value is -7.39. The van der Waals surface area contributed by atoms with Crippen LogP contribution in [0.4, 0.5) is 0 Å². The minimum atomic E-state index is -0.599. The van der Waals surface area contributed by atoms with Gasteiger partial charge in [-0.05, 0) is 86.0 Å². The maximum absolute atomic E-state index is 9.78. The fourth-order valence-corrected chi connectivity index (χ4v) is 10.0. The second kappa shape index (κ2) is 13.7. The first-order valence-corrected chi connectivity index (χ1v) is 20.1. The molecule has 58 heavy (non-hydrogen) atoms. The van der Waals surface area contributed by atoms with Crippen molar-refractivity contribution in [3.63, 3.8) is 0 Å². The number of rotatable bonds is 5. The molecule has 8 aromatic carbocycles. The summed E-state index contributed by atoms with van der Waals surface area (Å²) in [5.41, 5.74) is 14.5. The van der Waals surface area contributed by atoms with E-state index >= 15 is 0 Å². The van der Waals surface area contributed by atoms with Gasteiger partial charge in [0.1, 0.15) is 0 Å². The minimum absolute atomic E-state index is 0.599. The Kier molecular flexibility index (Phi) is 7.99. The van der Waals surface area contributed by atoms with Gasteiger partial charge in [0.2, 0.25) is 0 Å². The molecule has 0 unspecified atom stereocenters. The van der Waals surface area contributed by atoms with Gasteiger partial charge in [-0.1, -0.05) is 176 Å². The Morgan fingerprint density at radius 2 is 0.810 bits per heavy atom. The van der Waals surface area contributed by atoms with Gasteiger partial charge < -0.3 is 0 Å². The van der Waals surface area contributed by atoms with E-state index in [-0.39, 0.29) is 0 Å². The lowest BCUT2D eigenvalue weighted by molar-refractivity contribution is 0.722. The molecule has 1 aliphatic carbocycles. The molecule has 2 heterocycles. The van der Waals surface area contributed by atoms with E-state index in [0.717, 1.165) is 38.9 Å². The SMILES string of the molecule is N#Cc1ccccc1-c1ccc(-c2ccc3c(c2)C2(c4ccccc4Sc4ccccc42)c2cc(-c4nc(-c5ccccc5)nc(-c5ccccc5)n4)ccc2-3)cc1. The molecule has 270 valence electrons. The zero-order chi connectivity index (χ0) is 38.6. The molecule has 1 aromatic heterocycles. The van der Waals surface area contributed by atoms with Crippen molar-refractivity contribution < 1.29 is 0 Å². The molecular formula is C53H32N4S. The predicted molar refractivity (Wildman–Crippen MR) is 233 cm³/mol. The van der Waals surface area contributed by atoms with Gasteiger partial charge in [-0.25, -0.2) is 15.0 Å². The number of aromatic nitrogens is 3. The third-order valence-corrected chi connectivity index (χ3v) is 12.6. The van der Waals surface area contributed by atoms with Gasteiger partial charge >= 0.3 is 0 Å². The van der Waals surface area contributed by atoms with Crippen molar-refractivity contribution in [2.75, 3.05) is 0 Å². The predicted octanol–water partition coefficient (Wildman–Crippen LogP) is 12.9. The highest BCUT2D eigenvalue weighted by Crippen LogP contribution is 2.62. The molecule has 0 N–H and O–H groups in total. The van der Waals surface area contributed by atoms with Gasteiger partial charge in [-0.2, -0.15) is 5.26 Å². The molecule has 1 aliphatic heterocycles. The number of hydrogen-bond acceptors (Lipinski definition) is 5. The number of nitriles is 1. The third kappa shape index (κ3) is 5.34. The van der Waals surface area contributed by atoms with E-state index in [1.807, 2.05) is 96.7 Å². The van der Waals surface area contributed by atoms with Gasteiger partial charge in [0.25, 0.3) is 0 Å². The molecular weight excluding hydrogens is 725 g/mol. The number of hydrogen-bond donors (Lipinski definition) is 0. The van der Waals surface area contributed by atoms with Crippen molar-refractivity contribution in [1.82, 2.24) is 15.0 Å². The lowest BCUT2D eigenvalue weighted by Crippen LogP contribution is -2.32. The summed E-state index contributed by atoms with van der Waals surface area (Å²) in [6.07, 6.45) is 0. The molecule has 0 saturated heterocycles. The highest BCUT2D eigenvalue weighted by atomic mass is 32.2. The van der Waals surface area contributed by atoms with E-state index in [0.29, 0.717) is 23.0 Å². The van der Waals surface area contributed by atoms with Crippen LogP contribution in [0.2, 0.25) is 0 Å². The molecule has 4 nitrogen and oxygen atoms in total. The van der Waals surface area contributed by atoms with Crippen LogP contribution in [-0.4, -0.2) is 15.0 Å². The zero-order valence-electron chi connectivity index (χ0n) is 31.2. The van der Waals surface area contributed by atoms with Crippen molar-refractivity contribution >= 4 is 11.8 Å². The molecule has 1 spiro atoms. The highest BCUT2D eigenvalue weighted by molar-refractivity contribution is 7.99. The summed E-state index contributed by atoms with van der Waals surface area (Å²) >= 11 is 1.84. The Labute approximate surface area is 341 Å². The lowest BCUT2D eigenvalue weighted by Gasteiger charge is -2.39. The van der Waals surface area contributed by atoms with Crippen LogP contribution in [0.5, 0.6) is 0 Å². The summed E-state index contributed by atoms with van der Waals surface area (Å²) in [4.78, 5) is 17.8. The molecule has 0 bridgehead atoms. The van der Waals surface area contributed by atoms with Crippen molar-refractivity contribution in [3.05, 3.63) is 222 Å². The van der Waals surface area contributed by atoms with E-state index in [2.05, 4.69) is 115 Å². The second-order valence-electron chi connectivity index (χ2n) is 14.6. The Morgan fingerprint density at radius 3 is 1.40 bits per heavy atom. The monoisotopic (exact) mass is 756 g/mol. The minimum Gasteiger partial charge on any atom is -0.208 e. The number of benzene rings is 8. The Bertz CT molecular complexity index is 2990. The molecule has 5 heteroatoms. The fraction of sp³-hybridized carbons (Fsp3) is 0.0189. The van der Waals surface area contributed by atoms with Crippen LogP contribution in [-0.2, 0) is 5.41 Å². The summed E-state index contributed by atoms with van der Waals surface area (Å²) in [6, 6.07) is 70.5. The lowest BCUT2D eigenvalue weighted by atomic mass is 9.67. The average molecular weight is 757 g/mol. The molecule has 0 atom stereocenters. The number of fused-ring (bicyclic) bond motifs is 9. The van der Waals surface area contributed by atoms with Crippen LogP contribution in [0.3, 0.4) is 0 Å². The summed E-state index contributed by atoms with van der Waals surface area (Å²) < 4.78 is 0. The molecule has 0 amide bonds. The van der Waals surface area contributed by atoms with Crippen LogP contribution >= 0.6 is 11.8 Å². The van der Waals surface area contributed by atoms with Crippen molar-refractivity contribution in [1.29, 1.82) is 5.26 Å². The van der Waals surface area contributed by atoms with Gasteiger partial charge in [0.15, 0.2) is 17.5 Å². The van der Waals surface area contributed by atoms with E-state index in [9.17, 15) is 5.26 Å². The quantitative estimate of drug-likeness (QED) is 0.175. The van der Waals surface area contributed by atoms with Crippen molar-refractivity contribution in [3.8, 4) is 73.6 Å². The van der Waals surface area contributed by atoms with Crippen LogP contribution in [0, 0.1) is 11.3 Å². The third-order valence-electron chi connectivity index (χ3n) is 11.5. The van der Waals surface area contributed by atoms with E-state index < -0.39 is 5.41 Å². The van der Waals surface area contributed by atoms with Gasteiger partial charge in [0, 0.05) is 26.5 Å². The summed E-state index contributed by atoms with van der Waals surface area (Å²) in [5.74, 6) is 1.91. The van der Waals surface area contributed by atoms with Crippen molar-refractivity contribution in [2.24, 2.45) is 0 Å². The van der Waals surface area contributed by atoms with E-state index in [1.54, 1.807) is 0 Å². The standard InChI is InChI=1S/C53H32N4S/c54-33-40-17-7-8-18-41(40)35-25-23-34(24-26-35)38-27-29-42-43-30-28-39(52-56-50(36-13-3-1-4-14-36)55-51(57-52)37-15-5-2-6-16-37)32-47(43)53(46(42)31-38)44-19-9-11-21-48(44)58-49-22-12-10-20-45(49)53/h1-32H. The highest BCUT2D eigenvalue weighted by Gasteiger charge is 2.50. The van der Waals surface area contributed by atoms with E-state index in [1.165, 1.54) is 43.2 Å². The normalized spacial score (nSPS) is 12.9. The smallest absolute Gasteiger partial charge is 0.164 e. The molecule has 2 aliphatic rings. The first-order valence-electron chi connectivity index (χ1n) is 19.3. The van der Waals surface area contributed by atoms with Crippen LogP contribution in [0.1, 0.15) is 27.8 Å². The second-order valence-corrected chi connectivity index (χ2v) is 15.7. The van der Waals surface area contributed by atoms with Gasteiger partial charge in [-0.15, -0.1) is 0 Å². The van der Waals surface area contributed by atoms with Gasteiger partial charge in [-0.3, -0.25) is 0 Å². The topological polar surface area (TPSA) is 62.5 Å². The first kappa shape index (κ1) is 33.9. The molecule has 0 saturated carbocycles. The summed E-state index contributed by atoms with van der Waals surface area (Å²) in [6.45, 7) is 0. The average Bonchev–Trinajstić information content (AvgIpc) is 3.58. The Balaban J connectivity index is 1.13. The van der Waals surface area contributed by atoms with Crippen molar-refractivity contribution in [2.45, 2.75) is 15.2 Å². The summed E-state index contributed by atoms with van der Waals surface area (Å²) in [7, 11) is 0. The van der Waals surface area contributed by atoms with Crippen LogP contribution in [0.25, 0.3) is 67.5 Å². The maximum atomic E-state index is 9.78.